The number of fused-ring (bicyclic) bond motifs is 6. The van der Waals surface area contributed by atoms with E-state index in [-0.39, 0.29) is 5.41 Å². The molecule has 1 aromatic rings. The second-order valence-electron chi connectivity index (χ2n) is 9.96. The molecule has 0 aromatic carbocycles. The Morgan fingerprint density at radius 3 is 2.54 bits per heavy atom. The van der Waals surface area contributed by atoms with E-state index in [1.807, 2.05) is 0 Å². The highest BCUT2D eigenvalue weighted by Gasteiger charge is 2.63. The highest BCUT2D eigenvalue weighted by atomic mass is 16.6. The van der Waals surface area contributed by atoms with Crippen molar-refractivity contribution < 1.29 is 9.74 Å². The molecule has 1 N–H and O–H groups in total. The van der Waals surface area contributed by atoms with Crippen LogP contribution in [0.3, 0.4) is 0 Å². The van der Waals surface area contributed by atoms with Gasteiger partial charge in [0.2, 0.25) is 0 Å². The molecule has 0 radical (unpaired) electrons. The molecule has 0 spiro atoms. The van der Waals surface area contributed by atoms with Crippen LogP contribution in [0.5, 0.6) is 0 Å². The number of aliphatic hydroxyl groups is 1. The van der Waals surface area contributed by atoms with Crippen LogP contribution < -0.4 is 0 Å². The van der Waals surface area contributed by atoms with E-state index in [0.717, 1.165) is 48.4 Å². The van der Waals surface area contributed by atoms with Crippen molar-refractivity contribution in [1.82, 2.24) is 10.3 Å². The third kappa shape index (κ3) is 1.73. The van der Waals surface area contributed by atoms with Gasteiger partial charge in [-0.05, 0) is 86.4 Å². The largest absolute Gasteiger partial charge is 0.390 e. The fraction of sp³-hybridized carbons (Fsp3) is 0.900. The molecule has 4 aliphatic carbocycles. The molecule has 4 heteroatoms. The van der Waals surface area contributed by atoms with Gasteiger partial charge in [-0.3, -0.25) is 0 Å². The van der Waals surface area contributed by atoms with Crippen LogP contribution in [-0.4, -0.2) is 21.0 Å². The third-order valence-corrected chi connectivity index (χ3v) is 9.25. The van der Waals surface area contributed by atoms with E-state index in [0.29, 0.717) is 11.3 Å². The number of aromatic nitrogens is 2. The van der Waals surface area contributed by atoms with Crippen molar-refractivity contribution >= 4 is 0 Å². The van der Waals surface area contributed by atoms with Gasteiger partial charge >= 0.3 is 0 Å². The van der Waals surface area contributed by atoms with Crippen LogP contribution >= 0.6 is 0 Å². The second kappa shape index (κ2) is 4.63. The fourth-order valence-electron chi connectivity index (χ4n) is 7.50. The smallest absolute Gasteiger partial charge is 0.108 e. The van der Waals surface area contributed by atoms with Gasteiger partial charge < -0.3 is 5.11 Å². The molecule has 1 aromatic heterocycles. The van der Waals surface area contributed by atoms with Crippen molar-refractivity contribution in [3.63, 3.8) is 0 Å². The molecule has 4 aliphatic rings. The Balaban J connectivity index is 1.50. The molecule has 3 saturated carbocycles. The van der Waals surface area contributed by atoms with Crippen molar-refractivity contribution in [2.24, 2.45) is 34.5 Å². The summed E-state index contributed by atoms with van der Waals surface area (Å²) in [5.41, 5.74) is 2.20. The maximum absolute atomic E-state index is 11.0. The first-order valence-corrected chi connectivity index (χ1v) is 9.88. The number of hydrogen-bond donors (Lipinski definition) is 1. The molecule has 132 valence electrons. The number of nitrogens with zero attached hydrogens (tertiary/aromatic N) is 2. The minimum atomic E-state index is -0.476. The van der Waals surface area contributed by atoms with E-state index in [2.05, 4.69) is 31.1 Å². The maximum atomic E-state index is 11.0. The van der Waals surface area contributed by atoms with Gasteiger partial charge in [0.1, 0.15) is 11.4 Å². The normalized spacial score (nSPS) is 53.0. The highest BCUT2D eigenvalue weighted by molar-refractivity contribution is 5.21. The van der Waals surface area contributed by atoms with Crippen LogP contribution in [-0.2, 0) is 12.8 Å². The molecule has 0 amide bonds. The molecule has 4 nitrogen and oxygen atoms in total. The van der Waals surface area contributed by atoms with Crippen molar-refractivity contribution in [2.45, 2.75) is 77.7 Å². The van der Waals surface area contributed by atoms with E-state index < -0.39 is 5.60 Å². The van der Waals surface area contributed by atoms with Crippen LogP contribution in [0.1, 0.15) is 70.7 Å². The molecule has 7 atom stereocenters. The average molecular weight is 330 g/mol. The first kappa shape index (κ1) is 15.4. The number of rotatable bonds is 0. The van der Waals surface area contributed by atoms with Gasteiger partial charge in [-0.15, -0.1) is 0 Å². The van der Waals surface area contributed by atoms with E-state index in [1.165, 1.54) is 32.1 Å². The van der Waals surface area contributed by atoms with Gasteiger partial charge in [-0.2, -0.15) is 0 Å². The van der Waals surface area contributed by atoms with Crippen LogP contribution in [0.4, 0.5) is 0 Å². The van der Waals surface area contributed by atoms with Gasteiger partial charge in [0.05, 0.1) is 5.60 Å². The Morgan fingerprint density at radius 2 is 1.71 bits per heavy atom. The third-order valence-electron chi connectivity index (χ3n) is 9.25. The van der Waals surface area contributed by atoms with Gasteiger partial charge in [-0.1, -0.05) is 24.2 Å². The molecular weight excluding hydrogens is 300 g/mol. The quantitative estimate of drug-likeness (QED) is 0.786. The van der Waals surface area contributed by atoms with Gasteiger partial charge in [-0.25, -0.2) is 4.63 Å². The molecule has 24 heavy (non-hydrogen) atoms. The Hall–Kier alpha value is -0.900. The Bertz CT molecular complexity index is 668. The molecule has 0 bridgehead atoms. The lowest BCUT2D eigenvalue weighted by molar-refractivity contribution is -0.139. The van der Waals surface area contributed by atoms with Crippen molar-refractivity contribution in [1.29, 1.82) is 0 Å². The average Bonchev–Trinajstić information content (AvgIpc) is 3.06. The van der Waals surface area contributed by atoms with E-state index >= 15 is 0 Å². The van der Waals surface area contributed by atoms with Crippen LogP contribution in [0.2, 0.25) is 0 Å². The first-order chi connectivity index (χ1) is 11.4. The lowest BCUT2D eigenvalue weighted by atomic mass is 9.45. The predicted molar refractivity (Wildman–Crippen MR) is 90.2 cm³/mol. The Labute approximate surface area is 144 Å². The molecule has 0 aliphatic heterocycles. The molecule has 1 heterocycles. The van der Waals surface area contributed by atoms with E-state index in [4.69, 9.17) is 4.63 Å². The minimum absolute atomic E-state index is 0.118. The maximum Gasteiger partial charge on any atom is 0.108 e. The molecule has 5 rings (SSSR count). The van der Waals surface area contributed by atoms with Crippen LogP contribution in [0.15, 0.2) is 4.63 Å². The zero-order valence-electron chi connectivity index (χ0n) is 15.2. The lowest BCUT2D eigenvalue weighted by Crippen LogP contribution is -2.56. The first-order valence-electron chi connectivity index (χ1n) is 9.88. The predicted octanol–water partition coefficient (Wildman–Crippen LogP) is 3.78. The highest BCUT2D eigenvalue weighted by Crippen LogP contribution is 2.67. The van der Waals surface area contributed by atoms with E-state index in [1.54, 1.807) is 0 Å². The van der Waals surface area contributed by atoms with Crippen LogP contribution in [0, 0.1) is 34.5 Å². The summed E-state index contributed by atoms with van der Waals surface area (Å²) >= 11 is 0. The topological polar surface area (TPSA) is 59.2 Å². The van der Waals surface area contributed by atoms with Gasteiger partial charge in [0.15, 0.2) is 0 Å². The summed E-state index contributed by atoms with van der Waals surface area (Å²) in [6, 6.07) is 0. The summed E-state index contributed by atoms with van der Waals surface area (Å²) in [6.07, 6.45) is 9.37. The van der Waals surface area contributed by atoms with Gasteiger partial charge in [0, 0.05) is 6.42 Å². The standard InChI is InChI=1S/C20H30N2O2/c1-18-11-17-16(21-24-22-17)10-12(18)4-5-13-14(18)6-8-19(2)15(13)7-9-20(19,3)23/h12-15,23H,4-11H2,1-3H3/t12-,13+,14-,15-,18?,19?,20-/m0/s1. The lowest BCUT2D eigenvalue weighted by Gasteiger charge is -2.60. The van der Waals surface area contributed by atoms with Crippen molar-refractivity contribution in [3.8, 4) is 0 Å². The molecule has 3 fully saturated rings. The minimum Gasteiger partial charge on any atom is -0.390 e. The summed E-state index contributed by atoms with van der Waals surface area (Å²) in [5.74, 6) is 2.97. The van der Waals surface area contributed by atoms with Crippen LogP contribution in [0.25, 0.3) is 0 Å². The molecule has 0 saturated heterocycles. The Kier molecular flexibility index (Phi) is 2.96. The zero-order chi connectivity index (χ0) is 16.7. The van der Waals surface area contributed by atoms with Crippen molar-refractivity contribution in [2.75, 3.05) is 0 Å². The Morgan fingerprint density at radius 1 is 0.958 bits per heavy atom. The molecular formula is C20H30N2O2. The monoisotopic (exact) mass is 330 g/mol. The summed E-state index contributed by atoms with van der Waals surface area (Å²) in [5, 5.41) is 19.4. The number of hydrogen-bond acceptors (Lipinski definition) is 4. The SMILES string of the molecule is CC12Cc3nonc3C[C@@H]1CC[C@@H]1[C@@H]2CCC2(C)[C@H]1CC[C@]2(C)O. The summed E-state index contributed by atoms with van der Waals surface area (Å²) in [7, 11) is 0. The second-order valence-corrected chi connectivity index (χ2v) is 9.96. The zero-order valence-corrected chi connectivity index (χ0v) is 15.2. The van der Waals surface area contributed by atoms with E-state index in [9.17, 15) is 5.11 Å². The summed E-state index contributed by atoms with van der Waals surface area (Å²) in [6.45, 7) is 6.98. The fourth-order valence-corrected chi connectivity index (χ4v) is 7.50. The molecule has 2 unspecified atom stereocenters. The van der Waals surface area contributed by atoms with Crippen molar-refractivity contribution in [3.05, 3.63) is 11.4 Å². The summed E-state index contributed by atoms with van der Waals surface area (Å²) < 4.78 is 5.03. The summed E-state index contributed by atoms with van der Waals surface area (Å²) in [4.78, 5) is 0. The van der Waals surface area contributed by atoms with Gasteiger partial charge in [0.25, 0.3) is 0 Å².